The minimum absolute atomic E-state index is 0.240. The smallest absolute Gasteiger partial charge is 0.165 e. The summed E-state index contributed by atoms with van der Waals surface area (Å²) in [6.45, 7) is 6.62. The summed E-state index contributed by atoms with van der Waals surface area (Å²) in [6.07, 6.45) is 12.8. The summed E-state index contributed by atoms with van der Waals surface area (Å²) in [7, 11) is 0. The molecule has 2 saturated carbocycles. The van der Waals surface area contributed by atoms with Crippen molar-refractivity contribution in [3.8, 4) is 11.5 Å². The Bertz CT molecular complexity index is 668. The lowest BCUT2D eigenvalue weighted by Gasteiger charge is -2.51. The molecule has 1 aromatic carbocycles. The fraction of sp³-hybridized carbons (Fsp3) is 0.750. The molecule has 1 saturated heterocycles. The second-order valence-corrected chi connectivity index (χ2v) is 9.35. The van der Waals surface area contributed by atoms with E-state index in [9.17, 15) is 0 Å². The monoisotopic (exact) mass is 369 g/mol. The maximum atomic E-state index is 6.60. The van der Waals surface area contributed by atoms with E-state index in [4.69, 9.17) is 9.47 Å². The van der Waals surface area contributed by atoms with Crippen molar-refractivity contribution in [3.63, 3.8) is 0 Å². The molecular weight excluding hydrogens is 334 g/mol. The Balaban J connectivity index is 1.39. The highest BCUT2D eigenvalue weighted by Crippen LogP contribution is 2.58. The largest absolute Gasteiger partial charge is 0.490 e. The standard InChI is InChI=1S/C24H35NO2/c1-2-26-21-12-7-11-20-23(21)27-22-13-6-10-19-17-25(15-14-24(19,20)22)16-18-8-4-3-5-9-18/h7,11-12,18-19,22H,2-6,8-10,13-17H2,1H3. The van der Waals surface area contributed by atoms with E-state index >= 15 is 0 Å². The van der Waals surface area contributed by atoms with Crippen LogP contribution in [0.5, 0.6) is 11.5 Å². The predicted octanol–water partition coefficient (Wildman–Crippen LogP) is 5.17. The van der Waals surface area contributed by atoms with Crippen LogP contribution in [0.4, 0.5) is 0 Å². The third-order valence-electron chi connectivity index (χ3n) is 7.92. The van der Waals surface area contributed by atoms with Gasteiger partial charge in [-0.15, -0.1) is 0 Å². The van der Waals surface area contributed by atoms with Crippen LogP contribution in [0.1, 0.15) is 70.3 Å². The molecule has 3 atom stereocenters. The highest BCUT2D eigenvalue weighted by Gasteiger charge is 2.57. The highest BCUT2D eigenvalue weighted by molar-refractivity contribution is 5.55. The molecular formula is C24H35NO2. The number of rotatable bonds is 4. The molecule has 0 amide bonds. The van der Waals surface area contributed by atoms with Crippen LogP contribution in [0, 0.1) is 11.8 Å². The Labute approximate surface area is 164 Å². The lowest BCUT2D eigenvalue weighted by molar-refractivity contribution is -0.0126. The van der Waals surface area contributed by atoms with Crippen molar-refractivity contribution in [3.05, 3.63) is 23.8 Å². The van der Waals surface area contributed by atoms with Crippen molar-refractivity contribution in [2.24, 2.45) is 11.8 Å². The number of ether oxygens (including phenoxy) is 2. The molecule has 0 radical (unpaired) electrons. The Kier molecular flexibility index (Phi) is 4.83. The molecule has 2 aliphatic heterocycles. The molecule has 3 nitrogen and oxygen atoms in total. The molecule has 5 rings (SSSR count). The maximum Gasteiger partial charge on any atom is 0.165 e. The zero-order valence-electron chi connectivity index (χ0n) is 16.9. The van der Waals surface area contributed by atoms with Crippen LogP contribution in [-0.4, -0.2) is 37.2 Å². The van der Waals surface area contributed by atoms with Crippen LogP contribution < -0.4 is 9.47 Å². The summed E-state index contributed by atoms with van der Waals surface area (Å²) < 4.78 is 12.5. The second-order valence-electron chi connectivity index (χ2n) is 9.35. The predicted molar refractivity (Wildman–Crippen MR) is 109 cm³/mol. The van der Waals surface area contributed by atoms with Crippen LogP contribution in [-0.2, 0) is 5.41 Å². The van der Waals surface area contributed by atoms with Crippen molar-refractivity contribution in [1.82, 2.24) is 4.90 Å². The molecule has 2 heterocycles. The SMILES string of the molecule is CCOc1cccc2c1OC1CCCC3CN(CC4CCCCC4)CCC231. The zero-order chi connectivity index (χ0) is 18.3. The fourth-order valence-electron chi connectivity index (χ4n) is 6.70. The van der Waals surface area contributed by atoms with Crippen LogP contribution in [0.15, 0.2) is 18.2 Å². The van der Waals surface area contributed by atoms with E-state index in [0.717, 1.165) is 23.3 Å². The molecule has 0 aromatic heterocycles. The summed E-state index contributed by atoms with van der Waals surface area (Å²) in [6, 6.07) is 6.61. The Hall–Kier alpha value is -1.22. The molecule has 1 spiro atoms. The summed E-state index contributed by atoms with van der Waals surface area (Å²) in [5, 5.41) is 0. The molecule has 27 heavy (non-hydrogen) atoms. The van der Waals surface area contributed by atoms with E-state index in [1.807, 2.05) is 0 Å². The molecule has 1 aromatic rings. The molecule has 3 heteroatoms. The van der Waals surface area contributed by atoms with Gasteiger partial charge in [-0.3, -0.25) is 0 Å². The van der Waals surface area contributed by atoms with Crippen molar-refractivity contribution < 1.29 is 9.47 Å². The summed E-state index contributed by atoms with van der Waals surface area (Å²) >= 11 is 0. The van der Waals surface area contributed by atoms with E-state index < -0.39 is 0 Å². The Morgan fingerprint density at radius 3 is 2.85 bits per heavy atom. The minimum atomic E-state index is 0.240. The van der Waals surface area contributed by atoms with Gasteiger partial charge in [-0.05, 0) is 69.9 Å². The van der Waals surface area contributed by atoms with Crippen LogP contribution in [0.2, 0.25) is 0 Å². The lowest BCUT2D eigenvalue weighted by atomic mass is 9.58. The molecule has 2 aliphatic carbocycles. The highest BCUT2D eigenvalue weighted by atomic mass is 16.5. The summed E-state index contributed by atoms with van der Waals surface area (Å²) in [5.41, 5.74) is 1.70. The van der Waals surface area contributed by atoms with Crippen molar-refractivity contribution in [2.45, 2.75) is 76.2 Å². The molecule has 0 N–H and O–H groups in total. The van der Waals surface area contributed by atoms with E-state index in [1.54, 1.807) is 0 Å². The number of likely N-dealkylation sites (tertiary alicyclic amines) is 1. The van der Waals surface area contributed by atoms with Gasteiger partial charge in [0.15, 0.2) is 11.5 Å². The number of hydrogen-bond acceptors (Lipinski definition) is 3. The number of piperidine rings is 1. The van der Waals surface area contributed by atoms with E-state index in [0.29, 0.717) is 12.7 Å². The fourth-order valence-corrected chi connectivity index (χ4v) is 6.70. The average Bonchev–Trinajstić information content (AvgIpc) is 3.03. The van der Waals surface area contributed by atoms with Crippen molar-refractivity contribution in [2.75, 3.05) is 26.2 Å². The number of hydrogen-bond donors (Lipinski definition) is 0. The number of para-hydroxylation sites is 1. The van der Waals surface area contributed by atoms with Gasteiger partial charge in [0.05, 0.1) is 6.61 Å². The first kappa shape index (κ1) is 17.8. The zero-order valence-corrected chi connectivity index (χ0v) is 16.9. The molecule has 3 unspecified atom stereocenters. The van der Waals surface area contributed by atoms with Crippen LogP contribution >= 0.6 is 0 Å². The Morgan fingerprint density at radius 2 is 2.00 bits per heavy atom. The van der Waals surface area contributed by atoms with Gasteiger partial charge in [0, 0.05) is 24.1 Å². The topological polar surface area (TPSA) is 21.7 Å². The van der Waals surface area contributed by atoms with Crippen LogP contribution in [0.3, 0.4) is 0 Å². The molecule has 4 aliphatic rings. The van der Waals surface area contributed by atoms with Gasteiger partial charge in [-0.1, -0.05) is 31.4 Å². The molecule has 3 fully saturated rings. The van der Waals surface area contributed by atoms with Gasteiger partial charge in [0.1, 0.15) is 6.10 Å². The minimum Gasteiger partial charge on any atom is -0.490 e. The lowest BCUT2D eigenvalue weighted by Crippen LogP contribution is -2.57. The first-order valence-electron chi connectivity index (χ1n) is 11.5. The van der Waals surface area contributed by atoms with E-state index in [-0.39, 0.29) is 5.41 Å². The quantitative estimate of drug-likeness (QED) is 0.731. The first-order valence-corrected chi connectivity index (χ1v) is 11.5. The van der Waals surface area contributed by atoms with Gasteiger partial charge in [-0.2, -0.15) is 0 Å². The second kappa shape index (κ2) is 7.31. The normalized spacial score (nSPS) is 33.7. The third-order valence-corrected chi connectivity index (χ3v) is 7.92. The number of nitrogens with zero attached hydrogens (tertiary/aromatic N) is 1. The third kappa shape index (κ3) is 2.97. The van der Waals surface area contributed by atoms with Gasteiger partial charge in [0.25, 0.3) is 0 Å². The van der Waals surface area contributed by atoms with E-state index in [2.05, 4.69) is 30.0 Å². The van der Waals surface area contributed by atoms with Gasteiger partial charge in [-0.25, -0.2) is 0 Å². The Morgan fingerprint density at radius 1 is 1.11 bits per heavy atom. The van der Waals surface area contributed by atoms with Gasteiger partial charge in [0.2, 0.25) is 0 Å². The summed E-state index contributed by atoms with van der Waals surface area (Å²) in [5.74, 6) is 3.72. The number of benzene rings is 1. The van der Waals surface area contributed by atoms with Crippen molar-refractivity contribution >= 4 is 0 Å². The summed E-state index contributed by atoms with van der Waals surface area (Å²) in [4.78, 5) is 2.80. The molecule has 0 bridgehead atoms. The van der Waals surface area contributed by atoms with E-state index in [1.165, 1.54) is 83.0 Å². The maximum absolute atomic E-state index is 6.60. The van der Waals surface area contributed by atoms with Crippen molar-refractivity contribution in [1.29, 1.82) is 0 Å². The first-order chi connectivity index (χ1) is 13.3. The van der Waals surface area contributed by atoms with Gasteiger partial charge >= 0.3 is 0 Å². The van der Waals surface area contributed by atoms with Gasteiger partial charge < -0.3 is 14.4 Å². The average molecular weight is 370 g/mol. The van der Waals surface area contributed by atoms with Crippen LogP contribution in [0.25, 0.3) is 0 Å². The number of fused-ring (bicyclic) bond motifs is 1. The molecule has 148 valence electrons.